The van der Waals surface area contributed by atoms with Crippen LogP contribution < -0.4 is 4.74 Å². The highest BCUT2D eigenvalue weighted by molar-refractivity contribution is 5.77. The van der Waals surface area contributed by atoms with Crippen molar-refractivity contribution in [2.75, 3.05) is 26.8 Å². The highest BCUT2D eigenvalue weighted by Gasteiger charge is 2.22. The summed E-state index contributed by atoms with van der Waals surface area (Å²) in [6.45, 7) is 1.63. The van der Waals surface area contributed by atoms with Gasteiger partial charge in [-0.15, -0.1) is 0 Å². The second-order valence-electron chi connectivity index (χ2n) is 4.42. The van der Waals surface area contributed by atoms with E-state index in [9.17, 15) is 4.79 Å². The summed E-state index contributed by atoms with van der Waals surface area (Å²) in [5.74, 6) is 0.783. The number of hydrogen-bond acceptors (Lipinski definition) is 3. The fraction of sp³-hybridized carbons (Fsp3) is 0.500. The Bertz CT molecular complexity index is 372. The summed E-state index contributed by atoms with van der Waals surface area (Å²) in [5.41, 5.74) is 0. The van der Waals surface area contributed by atoms with Crippen LogP contribution in [0.1, 0.15) is 12.8 Å². The Labute approximate surface area is 107 Å². The van der Waals surface area contributed by atoms with Gasteiger partial charge in [0.05, 0.1) is 6.10 Å². The zero-order valence-corrected chi connectivity index (χ0v) is 10.7. The number of piperidine rings is 1. The van der Waals surface area contributed by atoms with E-state index in [1.54, 1.807) is 7.11 Å². The first kappa shape index (κ1) is 12.9. The molecular weight excluding hydrogens is 230 g/mol. The van der Waals surface area contributed by atoms with E-state index in [2.05, 4.69) is 0 Å². The summed E-state index contributed by atoms with van der Waals surface area (Å²) in [7, 11) is 1.72. The first-order chi connectivity index (χ1) is 8.79. The topological polar surface area (TPSA) is 38.8 Å². The Balaban J connectivity index is 1.75. The highest BCUT2D eigenvalue weighted by atomic mass is 16.5. The minimum atomic E-state index is 0.0495. The molecule has 1 aliphatic rings. The van der Waals surface area contributed by atoms with Gasteiger partial charge in [0.2, 0.25) is 0 Å². The molecule has 0 bridgehead atoms. The lowest BCUT2D eigenvalue weighted by molar-refractivity contribution is -0.135. The summed E-state index contributed by atoms with van der Waals surface area (Å²) in [5, 5.41) is 0. The summed E-state index contributed by atoms with van der Waals surface area (Å²) in [6.07, 6.45) is 2.12. The van der Waals surface area contributed by atoms with Gasteiger partial charge >= 0.3 is 0 Å². The van der Waals surface area contributed by atoms with Gasteiger partial charge in [-0.2, -0.15) is 0 Å². The van der Waals surface area contributed by atoms with Crippen LogP contribution in [0.15, 0.2) is 30.3 Å². The van der Waals surface area contributed by atoms with Crippen molar-refractivity contribution in [2.24, 2.45) is 0 Å². The van der Waals surface area contributed by atoms with E-state index in [1.807, 2.05) is 35.2 Å². The molecule has 2 rings (SSSR count). The van der Waals surface area contributed by atoms with Crippen LogP contribution in [0.3, 0.4) is 0 Å². The average molecular weight is 249 g/mol. The molecule has 1 aromatic rings. The molecule has 1 fully saturated rings. The average Bonchev–Trinajstić information content (AvgIpc) is 2.46. The number of rotatable bonds is 4. The van der Waals surface area contributed by atoms with Gasteiger partial charge in [0.15, 0.2) is 6.61 Å². The molecule has 1 saturated heterocycles. The van der Waals surface area contributed by atoms with Crippen molar-refractivity contribution in [1.29, 1.82) is 0 Å². The van der Waals surface area contributed by atoms with Gasteiger partial charge in [-0.1, -0.05) is 18.2 Å². The molecule has 1 aromatic carbocycles. The molecule has 98 valence electrons. The van der Waals surface area contributed by atoms with Crippen molar-refractivity contribution >= 4 is 5.91 Å². The Morgan fingerprint density at radius 2 is 1.94 bits per heavy atom. The fourth-order valence-corrected chi connectivity index (χ4v) is 2.09. The van der Waals surface area contributed by atoms with Crippen LogP contribution in [0.2, 0.25) is 0 Å². The van der Waals surface area contributed by atoms with E-state index < -0.39 is 0 Å². The molecule has 4 heteroatoms. The lowest BCUT2D eigenvalue weighted by Gasteiger charge is -2.31. The summed E-state index contributed by atoms with van der Waals surface area (Å²) in [4.78, 5) is 13.8. The molecular formula is C14H19NO3. The van der Waals surface area contributed by atoms with Crippen molar-refractivity contribution in [1.82, 2.24) is 4.90 Å². The van der Waals surface area contributed by atoms with Gasteiger partial charge in [0.1, 0.15) is 5.75 Å². The maximum absolute atomic E-state index is 11.9. The molecule has 1 aliphatic heterocycles. The lowest BCUT2D eigenvalue weighted by Crippen LogP contribution is -2.42. The monoisotopic (exact) mass is 249 g/mol. The number of nitrogens with zero attached hydrogens (tertiary/aromatic N) is 1. The first-order valence-electron chi connectivity index (χ1n) is 6.28. The third-order valence-corrected chi connectivity index (χ3v) is 3.23. The van der Waals surface area contributed by atoms with Crippen LogP contribution in [0.25, 0.3) is 0 Å². The quantitative estimate of drug-likeness (QED) is 0.815. The van der Waals surface area contributed by atoms with Crippen LogP contribution >= 0.6 is 0 Å². The predicted molar refractivity (Wildman–Crippen MR) is 68.5 cm³/mol. The van der Waals surface area contributed by atoms with E-state index in [4.69, 9.17) is 9.47 Å². The van der Waals surface area contributed by atoms with Crippen molar-refractivity contribution in [3.05, 3.63) is 30.3 Å². The van der Waals surface area contributed by atoms with Gasteiger partial charge in [-0.25, -0.2) is 0 Å². The number of ether oxygens (including phenoxy) is 2. The molecule has 0 radical (unpaired) electrons. The van der Waals surface area contributed by atoms with E-state index >= 15 is 0 Å². The molecule has 0 atom stereocenters. The van der Waals surface area contributed by atoms with Crippen LogP contribution in [0, 0.1) is 0 Å². The minimum absolute atomic E-state index is 0.0495. The molecule has 0 unspecified atom stereocenters. The maximum Gasteiger partial charge on any atom is 0.260 e. The molecule has 0 aromatic heterocycles. The van der Waals surface area contributed by atoms with Crippen molar-refractivity contribution in [3.63, 3.8) is 0 Å². The Hall–Kier alpha value is -1.55. The summed E-state index contributed by atoms with van der Waals surface area (Å²) < 4.78 is 10.7. The molecule has 0 spiro atoms. The van der Waals surface area contributed by atoms with E-state index in [0.29, 0.717) is 6.10 Å². The number of methoxy groups -OCH3 is 1. The van der Waals surface area contributed by atoms with Crippen molar-refractivity contribution < 1.29 is 14.3 Å². The highest BCUT2D eigenvalue weighted by Crippen LogP contribution is 2.14. The number of carbonyl (C=O) groups excluding carboxylic acids is 1. The number of benzene rings is 1. The summed E-state index contributed by atoms with van der Waals surface area (Å²) >= 11 is 0. The van der Waals surface area contributed by atoms with E-state index in [-0.39, 0.29) is 12.5 Å². The molecule has 4 nitrogen and oxygen atoms in total. The van der Waals surface area contributed by atoms with Gasteiger partial charge in [-0.05, 0) is 25.0 Å². The van der Waals surface area contributed by atoms with Gasteiger partial charge in [-0.3, -0.25) is 4.79 Å². The number of para-hydroxylation sites is 1. The largest absolute Gasteiger partial charge is 0.484 e. The number of amides is 1. The molecule has 1 heterocycles. The van der Waals surface area contributed by atoms with E-state index in [0.717, 1.165) is 31.7 Å². The minimum Gasteiger partial charge on any atom is -0.484 e. The molecule has 0 aliphatic carbocycles. The van der Waals surface area contributed by atoms with Crippen LogP contribution in [0.5, 0.6) is 5.75 Å². The normalized spacial score (nSPS) is 16.6. The Morgan fingerprint density at radius 3 is 2.56 bits per heavy atom. The zero-order valence-electron chi connectivity index (χ0n) is 10.7. The second-order valence-corrected chi connectivity index (χ2v) is 4.42. The smallest absolute Gasteiger partial charge is 0.260 e. The van der Waals surface area contributed by atoms with E-state index in [1.165, 1.54) is 0 Å². The molecule has 0 N–H and O–H groups in total. The Morgan fingerprint density at radius 1 is 1.28 bits per heavy atom. The lowest BCUT2D eigenvalue weighted by atomic mass is 10.1. The number of likely N-dealkylation sites (tertiary alicyclic amines) is 1. The second kappa shape index (κ2) is 6.40. The SMILES string of the molecule is COC1CCN(C(=O)COc2ccccc2)CC1. The molecule has 0 saturated carbocycles. The van der Waals surface area contributed by atoms with Crippen LogP contribution in [0.4, 0.5) is 0 Å². The molecule has 18 heavy (non-hydrogen) atoms. The van der Waals surface area contributed by atoms with Crippen molar-refractivity contribution in [2.45, 2.75) is 18.9 Å². The number of hydrogen-bond donors (Lipinski definition) is 0. The number of carbonyl (C=O) groups is 1. The van der Waals surface area contributed by atoms with Gasteiger partial charge in [0.25, 0.3) is 5.91 Å². The predicted octanol–water partition coefficient (Wildman–Crippen LogP) is 1.70. The van der Waals surface area contributed by atoms with Crippen LogP contribution in [-0.2, 0) is 9.53 Å². The maximum atomic E-state index is 11.9. The van der Waals surface area contributed by atoms with Gasteiger partial charge in [0, 0.05) is 20.2 Å². The molecule has 1 amide bonds. The zero-order chi connectivity index (χ0) is 12.8. The summed E-state index contributed by atoms with van der Waals surface area (Å²) in [6, 6.07) is 9.41. The third-order valence-electron chi connectivity index (χ3n) is 3.23. The fourth-order valence-electron chi connectivity index (χ4n) is 2.09. The van der Waals surface area contributed by atoms with Crippen molar-refractivity contribution in [3.8, 4) is 5.75 Å². The third kappa shape index (κ3) is 3.47. The Kier molecular flexibility index (Phi) is 4.59. The first-order valence-corrected chi connectivity index (χ1v) is 6.28. The van der Waals surface area contributed by atoms with Gasteiger partial charge < -0.3 is 14.4 Å². The van der Waals surface area contributed by atoms with Crippen LogP contribution in [-0.4, -0.2) is 43.7 Å². The standard InChI is InChI=1S/C14H19NO3/c1-17-12-7-9-15(10-8-12)14(16)11-18-13-5-3-2-4-6-13/h2-6,12H,7-11H2,1H3.